The van der Waals surface area contributed by atoms with Crippen molar-refractivity contribution in [2.24, 2.45) is 0 Å². The Morgan fingerprint density at radius 1 is 0.800 bits per heavy atom. The van der Waals surface area contributed by atoms with Crippen LogP contribution >= 0.6 is 11.8 Å². The summed E-state index contributed by atoms with van der Waals surface area (Å²) in [6.07, 6.45) is 2.12. The van der Waals surface area contributed by atoms with Crippen molar-refractivity contribution in [2.75, 3.05) is 13.4 Å². The van der Waals surface area contributed by atoms with Crippen LogP contribution in [0, 0.1) is 13.8 Å². The SMILES string of the molecule is COc1ccc(C)cc1-n1c2ccc(C)cc2c2cc(SC)ccc21. The van der Waals surface area contributed by atoms with Crippen LogP contribution < -0.4 is 4.74 Å². The van der Waals surface area contributed by atoms with Gasteiger partial charge in [0.1, 0.15) is 5.75 Å². The molecule has 0 amide bonds. The van der Waals surface area contributed by atoms with E-state index in [1.54, 1.807) is 18.9 Å². The zero-order valence-electron chi connectivity index (χ0n) is 15.0. The number of hydrogen-bond donors (Lipinski definition) is 0. The topological polar surface area (TPSA) is 14.2 Å². The molecule has 3 heteroatoms. The van der Waals surface area contributed by atoms with Gasteiger partial charge in [0.05, 0.1) is 23.8 Å². The first-order valence-corrected chi connectivity index (χ1v) is 9.58. The van der Waals surface area contributed by atoms with Crippen LogP contribution in [-0.4, -0.2) is 17.9 Å². The molecule has 0 aliphatic rings. The lowest BCUT2D eigenvalue weighted by atomic mass is 10.1. The van der Waals surface area contributed by atoms with Crippen LogP contribution in [0.1, 0.15) is 11.1 Å². The highest BCUT2D eigenvalue weighted by Gasteiger charge is 2.16. The lowest BCUT2D eigenvalue weighted by molar-refractivity contribution is 0.413. The molecule has 0 aliphatic carbocycles. The van der Waals surface area contributed by atoms with E-state index < -0.39 is 0 Å². The summed E-state index contributed by atoms with van der Waals surface area (Å²) in [5.41, 5.74) is 6.00. The van der Waals surface area contributed by atoms with E-state index in [-0.39, 0.29) is 0 Å². The van der Waals surface area contributed by atoms with Gasteiger partial charge in [0.2, 0.25) is 0 Å². The van der Waals surface area contributed by atoms with Gasteiger partial charge in [-0.25, -0.2) is 0 Å². The van der Waals surface area contributed by atoms with Crippen LogP contribution in [0.15, 0.2) is 59.5 Å². The minimum absolute atomic E-state index is 0.888. The molecule has 0 unspecified atom stereocenters. The van der Waals surface area contributed by atoms with Gasteiger partial charge in [-0.15, -0.1) is 11.8 Å². The predicted molar refractivity (Wildman–Crippen MR) is 109 cm³/mol. The fourth-order valence-electron chi connectivity index (χ4n) is 3.48. The van der Waals surface area contributed by atoms with Crippen molar-refractivity contribution < 1.29 is 4.74 Å². The van der Waals surface area contributed by atoms with Gasteiger partial charge < -0.3 is 9.30 Å². The van der Waals surface area contributed by atoms with E-state index in [9.17, 15) is 0 Å². The first kappa shape index (κ1) is 16.1. The van der Waals surface area contributed by atoms with E-state index in [1.807, 2.05) is 6.07 Å². The minimum atomic E-state index is 0.888. The quantitative estimate of drug-likeness (QED) is 0.414. The van der Waals surface area contributed by atoms with Gasteiger partial charge in [-0.3, -0.25) is 0 Å². The average molecular weight is 347 g/mol. The molecule has 1 aromatic heterocycles. The molecule has 1 heterocycles. The van der Waals surface area contributed by atoms with Gasteiger partial charge in [-0.1, -0.05) is 17.7 Å². The van der Waals surface area contributed by atoms with Crippen LogP contribution in [0.2, 0.25) is 0 Å². The molecule has 2 nitrogen and oxygen atoms in total. The van der Waals surface area contributed by atoms with Crippen LogP contribution in [-0.2, 0) is 0 Å². The molecule has 3 aromatic carbocycles. The third kappa shape index (κ3) is 2.59. The standard InChI is InChI=1S/C22H21NOS/c1-14-5-8-19-17(11-14)18-13-16(25-4)7-9-20(18)23(19)21-12-15(2)6-10-22(21)24-3/h5-13H,1-4H3. The summed E-state index contributed by atoms with van der Waals surface area (Å²) in [6, 6.07) is 19.7. The average Bonchev–Trinajstić information content (AvgIpc) is 2.94. The number of aryl methyl sites for hydroxylation is 2. The summed E-state index contributed by atoms with van der Waals surface area (Å²) >= 11 is 1.78. The third-order valence-electron chi connectivity index (χ3n) is 4.70. The van der Waals surface area contributed by atoms with E-state index in [0.29, 0.717) is 0 Å². The van der Waals surface area contributed by atoms with E-state index in [4.69, 9.17) is 4.74 Å². The fourth-order valence-corrected chi connectivity index (χ4v) is 3.92. The molecule has 0 N–H and O–H groups in total. The Hall–Kier alpha value is -2.39. The summed E-state index contributed by atoms with van der Waals surface area (Å²) in [7, 11) is 1.73. The number of nitrogens with zero attached hydrogens (tertiary/aromatic N) is 1. The molecular formula is C22H21NOS. The van der Waals surface area contributed by atoms with Gasteiger partial charge in [0, 0.05) is 15.7 Å². The highest BCUT2D eigenvalue weighted by molar-refractivity contribution is 7.98. The van der Waals surface area contributed by atoms with Crippen LogP contribution in [0.4, 0.5) is 0 Å². The number of benzene rings is 3. The van der Waals surface area contributed by atoms with Gasteiger partial charge in [-0.05, 0) is 68.1 Å². The van der Waals surface area contributed by atoms with E-state index in [2.05, 4.69) is 73.2 Å². The maximum Gasteiger partial charge on any atom is 0.142 e. The zero-order chi connectivity index (χ0) is 17.6. The lowest BCUT2D eigenvalue weighted by Crippen LogP contribution is -1.98. The lowest BCUT2D eigenvalue weighted by Gasteiger charge is -2.13. The van der Waals surface area contributed by atoms with Crippen molar-refractivity contribution in [3.8, 4) is 11.4 Å². The summed E-state index contributed by atoms with van der Waals surface area (Å²) < 4.78 is 7.99. The monoisotopic (exact) mass is 347 g/mol. The van der Waals surface area contributed by atoms with Crippen molar-refractivity contribution in [3.05, 3.63) is 65.7 Å². The van der Waals surface area contributed by atoms with E-state index in [0.717, 1.165) is 11.4 Å². The number of methoxy groups -OCH3 is 1. The number of fused-ring (bicyclic) bond motifs is 3. The van der Waals surface area contributed by atoms with Crippen molar-refractivity contribution in [1.82, 2.24) is 4.57 Å². The number of hydrogen-bond acceptors (Lipinski definition) is 2. The fraction of sp³-hybridized carbons (Fsp3) is 0.182. The van der Waals surface area contributed by atoms with Crippen LogP contribution in [0.25, 0.3) is 27.5 Å². The second-order valence-corrected chi connectivity index (χ2v) is 7.29. The molecule has 0 radical (unpaired) electrons. The highest BCUT2D eigenvalue weighted by atomic mass is 32.2. The molecular weight excluding hydrogens is 326 g/mol. The Balaban J connectivity index is 2.18. The summed E-state index contributed by atoms with van der Waals surface area (Å²) in [4.78, 5) is 1.28. The van der Waals surface area contributed by atoms with Crippen molar-refractivity contribution in [1.29, 1.82) is 0 Å². The van der Waals surface area contributed by atoms with Crippen LogP contribution in [0.3, 0.4) is 0 Å². The number of rotatable bonds is 3. The second-order valence-electron chi connectivity index (χ2n) is 6.41. The molecule has 4 aromatic rings. The number of ether oxygens (including phenoxy) is 1. The normalized spacial score (nSPS) is 11.4. The van der Waals surface area contributed by atoms with Crippen molar-refractivity contribution in [3.63, 3.8) is 0 Å². The minimum Gasteiger partial charge on any atom is -0.495 e. The molecule has 0 fully saturated rings. The molecule has 25 heavy (non-hydrogen) atoms. The summed E-state index contributed by atoms with van der Waals surface area (Å²) in [6.45, 7) is 4.26. The Morgan fingerprint density at radius 2 is 1.44 bits per heavy atom. The van der Waals surface area contributed by atoms with Crippen molar-refractivity contribution in [2.45, 2.75) is 18.7 Å². The first-order chi connectivity index (χ1) is 12.1. The molecule has 0 atom stereocenters. The Morgan fingerprint density at radius 3 is 2.16 bits per heavy atom. The molecule has 0 saturated heterocycles. The molecule has 0 saturated carbocycles. The molecule has 0 bridgehead atoms. The highest BCUT2D eigenvalue weighted by Crippen LogP contribution is 2.37. The van der Waals surface area contributed by atoms with E-state index in [1.165, 1.54) is 37.8 Å². The van der Waals surface area contributed by atoms with Gasteiger partial charge in [0.25, 0.3) is 0 Å². The molecule has 0 spiro atoms. The van der Waals surface area contributed by atoms with Crippen LogP contribution in [0.5, 0.6) is 5.75 Å². The molecule has 4 rings (SSSR count). The molecule has 126 valence electrons. The number of thioether (sulfide) groups is 1. The molecule has 0 aliphatic heterocycles. The first-order valence-electron chi connectivity index (χ1n) is 8.36. The smallest absolute Gasteiger partial charge is 0.142 e. The summed E-state index contributed by atoms with van der Waals surface area (Å²) in [5.74, 6) is 0.888. The third-order valence-corrected chi connectivity index (χ3v) is 5.43. The number of aromatic nitrogens is 1. The van der Waals surface area contributed by atoms with Gasteiger partial charge >= 0.3 is 0 Å². The van der Waals surface area contributed by atoms with Gasteiger partial charge in [0.15, 0.2) is 0 Å². The van der Waals surface area contributed by atoms with Gasteiger partial charge in [-0.2, -0.15) is 0 Å². The summed E-state index contributed by atoms with van der Waals surface area (Å²) in [5, 5.41) is 2.57. The maximum atomic E-state index is 5.67. The Labute approximate surface area is 152 Å². The second kappa shape index (κ2) is 6.16. The zero-order valence-corrected chi connectivity index (χ0v) is 15.8. The maximum absolute atomic E-state index is 5.67. The predicted octanol–water partition coefficient (Wildman–Crippen LogP) is 6.13. The Bertz CT molecular complexity index is 1090. The van der Waals surface area contributed by atoms with Crippen molar-refractivity contribution >= 4 is 33.6 Å². The largest absolute Gasteiger partial charge is 0.495 e. The van der Waals surface area contributed by atoms with E-state index >= 15 is 0 Å². The Kier molecular flexibility index (Phi) is 3.97.